The van der Waals surface area contributed by atoms with Crippen LogP contribution in [-0.4, -0.2) is 17.1 Å². The van der Waals surface area contributed by atoms with Gasteiger partial charge in [-0.15, -0.1) is 0 Å². The highest BCUT2D eigenvalue weighted by atomic mass is 19.4. The first-order chi connectivity index (χ1) is 11.9. The van der Waals surface area contributed by atoms with E-state index in [0.29, 0.717) is 5.56 Å². The van der Waals surface area contributed by atoms with E-state index in [9.17, 15) is 22.4 Å². The molecule has 0 bridgehead atoms. The maximum atomic E-state index is 13.2. The third kappa shape index (κ3) is 3.81. The largest absolute Gasteiger partial charge is 0.423 e. The fraction of sp³-hybridized carbons (Fsp3) is 0.333. The van der Waals surface area contributed by atoms with Crippen LogP contribution in [0.15, 0.2) is 36.5 Å². The molecule has 0 saturated carbocycles. The van der Waals surface area contributed by atoms with E-state index in [-0.39, 0.29) is 11.7 Å². The van der Waals surface area contributed by atoms with Gasteiger partial charge in [0, 0.05) is 17.3 Å². The number of benzene rings is 1. The number of rotatable bonds is 3. The number of aryl methyl sites for hydroxylation is 1. The van der Waals surface area contributed by atoms with Gasteiger partial charge < -0.3 is 5.32 Å². The highest BCUT2D eigenvalue weighted by Crippen LogP contribution is 2.35. The van der Waals surface area contributed by atoms with E-state index in [0.717, 1.165) is 49.1 Å². The minimum absolute atomic E-state index is 0.0801. The van der Waals surface area contributed by atoms with E-state index in [4.69, 9.17) is 0 Å². The molecule has 7 heteroatoms. The predicted octanol–water partition coefficient (Wildman–Crippen LogP) is 4.79. The van der Waals surface area contributed by atoms with Gasteiger partial charge in [-0.3, -0.25) is 4.79 Å². The predicted molar refractivity (Wildman–Crippen MR) is 85.2 cm³/mol. The molecule has 1 unspecified atom stereocenters. The van der Waals surface area contributed by atoms with Crippen molar-refractivity contribution in [2.45, 2.75) is 38.0 Å². The molecule has 2 aromatic rings. The molecule has 0 spiro atoms. The van der Waals surface area contributed by atoms with Crippen LogP contribution >= 0.6 is 0 Å². The molecular formula is C18H16F4N2O. The number of pyridine rings is 1. The van der Waals surface area contributed by atoms with Gasteiger partial charge in [-0.2, -0.15) is 13.2 Å². The summed E-state index contributed by atoms with van der Waals surface area (Å²) in [7, 11) is 0. The maximum absolute atomic E-state index is 13.2. The Bertz CT molecular complexity index is 772. The van der Waals surface area contributed by atoms with Gasteiger partial charge >= 0.3 is 6.18 Å². The summed E-state index contributed by atoms with van der Waals surface area (Å²) in [5.74, 6) is -0.289. The normalized spacial score (nSPS) is 15.4. The van der Waals surface area contributed by atoms with Crippen LogP contribution in [0.25, 0.3) is 0 Å². The number of alkyl halides is 4. The fourth-order valence-electron chi connectivity index (χ4n) is 3.00. The lowest BCUT2D eigenvalue weighted by molar-refractivity contribution is -0.182. The summed E-state index contributed by atoms with van der Waals surface area (Å²) in [6, 6.07) is 7.67. The molecule has 1 aliphatic rings. The Hall–Kier alpha value is -2.44. The van der Waals surface area contributed by atoms with Crippen LogP contribution in [0.3, 0.4) is 0 Å². The molecule has 1 aromatic heterocycles. The second-order valence-corrected chi connectivity index (χ2v) is 5.99. The zero-order chi connectivity index (χ0) is 18.0. The summed E-state index contributed by atoms with van der Waals surface area (Å²) < 4.78 is 50.3. The molecular weight excluding hydrogens is 336 g/mol. The van der Waals surface area contributed by atoms with Crippen molar-refractivity contribution in [1.29, 1.82) is 0 Å². The van der Waals surface area contributed by atoms with Gasteiger partial charge in [0.2, 0.25) is 6.17 Å². The van der Waals surface area contributed by atoms with Crippen molar-refractivity contribution in [2.24, 2.45) is 0 Å². The van der Waals surface area contributed by atoms with Gasteiger partial charge in [0.25, 0.3) is 5.91 Å². The van der Waals surface area contributed by atoms with Crippen molar-refractivity contribution in [2.75, 3.05) is 5.32 Å². The van der Waals surface area contributed by atoms with Crippen molar-refractivity contribution in [3.63, 3.8) is 0 Å². The van der Waals surface area contributed by atoms with E-state index < -0.39 is 17.9 Å². The van der Waals surface area contributed by atoms with E-state index in [2.05, 4.69) is 10.3 Å². The fourth-order valence-corrected chi connectivity index (χ4v) is 3.00. The number of aromatic nitrogens is 1. The average molecular weight is 352 g/mol. The van der Waals surface area contributed by atoms with Gasteiger partial charge in [0.1, 0.15) is 5.82 Å². The number of nitrogens with zero attached hydrogens (tertiary/aromatic N) is 1. The van der Waals surface area contributed by atoms with Gasteiger partial charge in [0.15, 0.2) is 0 Å². The Morgan fingerprint density at radius 2 is 1.88 bits per heavy atom. The summed E-state index contributed by atoms with van der Waals surface area (Å²) in [6.07, 6.45) is -3.43. The second kappa shape index (κ2) is 6.82. The van der Waals surface area contributed by atoms with Gasteiger partial charge in [-0.05, 0) is 48.9 Å². The number of fused-ring (bicyclic) bond motifs is 1. The Morgan fingerprint density at radius 3 is 2.56 bits per heavy atom. The molecule has 1 N–H and O–H groups in total. The van der Waals surface area contributed by atoms with Crippen molar-refractivity contribution in [3.8, 4) is 0 Å². The van der Waals surface area contributed by atoms with Crippen LogP contribution in [-0.2, 0) is 12.8 Å². The number of halogens is 4. The standard InChI is InChI=1S/C18H16F4N2O/c19-16(18(20,21)22)12-8-9-15(23-10-12)24-17(25)14-7-3-5-11-4-1-2-6-13(11)14/h3,5,7-10,16H,1-2,4,6H2,(H,23,24,25). The molecule has 1 amide bonds. The quantitative estimate of drug-likeness (QED) is 0.808. The Morgan fingerprint density at radius 1 is 1.12 bits per heavy atom. The first-order valence-electron chi connectivity index (χ1n) is 7.95. The molecule has 0 saturated heterocycles. The zero-order valence-corrected chi connectivity index (χ0v) is 13.2. The molecule has 25 heavy (non-hydrogen) atoms. The van der Waals surface area contributed by atoms with Gasteiger partial charge in [0.05, 0.1) is 0 Å². The lowest BCUT2D eigenvalue weighted by Gasteiger charge is -2.18. The lowest BCUT2D eigenvalue weighted by Crippen LogP contribution is -2.19. The number of nitrogens with one attached hydrogen (secondary N) is 1. The molecule has 1 aromatic carbocycles. The van der Waals surface area contributed by atoms with Crippen molar-refractivity contribution < 1.29 is 22.4 Å². The van der Waals surface area contributed by atoms with Crippen LogP contribution in [0.1, 0.15) is 46.1 Å². The summed E-state index contributed by atoms with van der Waals surface area (Å²) in [5.41, 5.74) is 2.10. The minimum Gasteiger partial charge on any atom is -0.307 e. The van der Waals surface area contributed by atoms with Crippen molar-refractivity contribution in [1.82, 2.24) is 4.98 Å². The molecule has 1 heterocycles. The molecule has 0 fully saturated rings. The number of carbonyl (C=O) groups excluding carboxylic acids is 1. The maximum Gasteiger partial charge on any atom is 0.423 e. The molecule has 1 aliphatic carbocycles. The number of hydrogen-bond acceptors (Lipinski definition) is 2. The van der Waals surface area contributed by atoms with Crippen LogP contribution < -0.4 is 5.32 Å². The first-order valence-corrected chi connectivity index (χ1v) is 7.95. The van der Waals surface area contributed by atoms with Gasteiger partial charge in [-0.25, -0.2) is 9.37 Å². The van der Waals surface area contributed by atoms with E-state index in [1.807, 2.05) is 12.1 Å². The Kier molecular flexibility index (Phi) is 4.74. The van der Waals surface area contributed by atoms with Gasteiger partial charge in [-0.1, -0.05) is 18.2 Å². The zero-order valence-electron chi connectivity index (χ0n) is 13.2. The third-order valence-corrected chi connectivity index (χ3v) is 4.25. The Balaban J connectivity index is 1.76. The molecule has 3 rings (SSSR count). The van der Waals surface area contributed by atoms with Crippen molar-refractivity contribution >= 4 is 11.7 Å². The smallest absolute Gasteiger partial charge is 0.307 e. The van der Waals surface area contributed by atoms with E-state index >= 15 is 0 Å². The number of amides is 1. The molecule has 132 valence electrons. The first kappa shape index (κ1) is 17.4. The monoisotopic (exact) mass is 352 g/mol. The van der Waals surface area contributed by atoms with Crippen LogP contribution in [0.2, 0.25) is 0 Å². The van der Waals surface area contributed by atoms with Crippen LogP contribution in [0.5, 0.6) is 0 Å². The summed E-state index contributed by atoms with van der Waals surface area (Å²) in [6.45, 7) is 0. The molecule has 3 nitrogen and oxygen atoms in total. The summed E-state index contributed by atoms with van der Waals surface area (Å²) >= 11 is 0. The molecule has 1 atom stereocenters. The average Bonchev–Trinajstić information content (AvgIpc) is 2.60. The molecule has 0 aliphatic heterocycles. The minimum atomic E-state index is -4.98. The third-order valence-electron chi connectivity index (χ3n) is 4.25. The summed E-state index contributed by atoms with van der Waals surface area (Å²) in [4.78, 5) is 16.2. The summed E-state index contributed by atoms with van der Waals surface area (Å²) in [5, 5.41) is 2.56. The highest BCUT2D eigenvalue weighted by Gasteiger charge is 2.41. The number of anilines is 1. The second-order valence-electron chi connectivity index (χ2n) is 5.99. The number of hydrogen-bond donors (Lipinski definition) is 1. The molecule has 0 radical (unpaired) electrons. The van der Waals surface area contributed by atoms with Crippen molar-refractivity contribution in [3.05, 3.63) is 58.8 Å². The SMILES string of the molecule is O=C(Nc1ccc(C(F)C(F)(F)F)cn1)c1cccc2c1CCCC2. The lowest BCUT2D eigenvalue weighted by atomic mass is 9.88. The topological polar surface area (TPSA) is 42.0 Å². The van der Waals surface area contributed by atoms with Crippen LogP contribution in [0, 0.1) is 0 Å². The Labute approximate surface area is 142 Å². The van der Waals surface area contributed by atoms with E-state index in [1.54, 1.807) is 6.07 Å². The van der Waals surface area contributed by atoms with Crippen LogP contribution in [0.4, 0.5) is 23.4 Å². The number of carbonyl (C=O) groups is 1. The highest BCUT2D eigenvalue weighted by molar-refractivity contribution is 6.05. The van der Waals surface area contributed by atoms with E-state index in [1.165, 1.54) is 6.07 Å².